The van der Waals surface area contributed by atoms with Crippen molar-refractivity contribution < 1.29 is 22.5 Å². The largest absolute Gasteiger partial charge is 0.462 e. The van der Waals surface area contributed by atoms with Crippen LogP contribution in [-0.4, -0.2) is 25.5 Å². The number of esters is 1. The predicted molar refractivity (Wildman–Crippen MR) is 62.4 cm³/mol. The van der Waals surface area contributed by atoms with Crippen LogP contribution in [0.5, 0.6) is 0 Å². The molecule has 0 spiro atoms. The van der Waals surface area contributed by atoms with Crippen LogP contribution in [0.1, 0.15) is 30.1 Å². The molecule has 0 heterocycles. The van der Waals surface area contributed by atoms with Crippen molar-refractivity contribution in [2.45, 2.75) is 24.7 Å². The highest BCUT2D eigenvalue weighted by Gasteiger charge is 2.24. The summed E-state index contributed by atoms with van der Waals surface area (Å²) in [6.45, 7) is 2.21. The van der Waals surface area contributed by atoms with E-state index in [9.17, 15) is 13.2 Å². The lowest BCUT2D eigenvalue weighted by Gasteiger charge is -2.05. The molecule has 0 aliphatic rings. The zero-order chi connectivity index (χ0) is 12.9. The van der Waals surface area contributed by atoms with Gasteiger partial charge in [-0.1, -0.05) is 25.5 Å². The topological polar surface area (TPSA) is 83.3 Å². The van der Waals surface area contributed by atoms with Gasteiger partial charge in [0, 0.05) is 0 Å². The summed E-state index contributed by atoms with van der Waals surface area (Å²) in [6, 6.07) is 5.56. The van der Waals surface area contributed by atoms with Crippen LogP contribution in [0, 0.1) is 0 Å². The van der Waals surface area contributed by atoms with E-state index in [1.54, 1.807) is 0 Å². The molecule has 1 rings (SSSR count). The quantitative estimate of drug-likeness (QED) is 0.449. The molecule has 0 aliphatic carbocycles. The van der Waals surface area contributed by atoms with Crippen LogP contribution in [0.4, 0.5) is 0 Å². The smallest absolute Gasteiger partial charge is 0.409 e. The molecule has 0 atom stereocenters. The summed E-state index contributed by atoms with van der Waals surface area (Å²) in [5.41, 5.74) is -0.0846. The Morgan fingerprint density at radius 2 is 2.00 bits per heavy atom. The monoisotopic (exact) mass is 259 g/mol. The Morgan fingerprint density at radius 3 is 2.59 bits per heavy atom. The molecule has 0 fully saturated rings. The SMILES string of the molecule is CCCCOC(=O)c1ccccc1S(=O)(=O)[OH2+]. The predicted octanol–water partition coefficient (Wildman–Crippen LogP) is 1.06. The first-order valence-electron chi connectivity index (χ1n) is 5.22. The maximum atomic E-state index is 11.6. The van der Waals surface area contributed by atoms with Gasteiger partial charge in [0.2, 0.25) is 0 Å². The van der Waals surface area contributed by atoms with E-state index in [2.05, 4.69) is 0 Å². The Bertz CT molecular complexity index is 492. The Balaban J connectivity index is 2.94. The van der Waals surface area contributed by atoms with E-state index in [1.165, 1.54) is 24.3 Å². The van der Waals surface area contributed by atoms with Crippen molar-refractivity contribution >= 4 is 16.1 Å². The van der Waals surface area contributed by atoms with Gasteiger partial charge in [0.1, 0.15) is 0 Å². The number of carbonyl (C=O) groups excluding carboxylic acids is 1. The van der Waals surface area contributed by atoms with Gasteiger partial charge < -0.3 is 9.29 Å². The number of benzene rings is 1. The lowest BCUT2D eigenvalue weighted by atomic mass is 10.2. The normalized spacial score (nSPS) is 11.2. The minimum absolute atomic E-state index is 0.0846. The van der Waals surface area contributed by atoms with Gasteiger partial charge in [0.05, 0.1) is 12.2 Å². The molecule has 0 bridgehead atoms. The molecule has 0 unspecified atom stereocenters. The number of hydrogen-bond acceptors (Lipinski definition) is 4. The third kappa shape index (κ3) is 3.83. The van der Waals surface area contributed by atoms with E-state index >= 15 is 0 Å². The molecule has 0 saturated carbocycles. The van der Waals surface area contributed by atoms with Gasteiger partial charge in [-0.25, -0.2) is 4.79 Å². The van der Waals surface area contributed by atoms with Gasteiger partial charge in [-0.2, -0.15) is 0 Å². The Labute approximate surface area is 100 Å². The number of unbranched alkanes of at least 4 members (excludes halogenated alkanes) is 1. The number of rotatable bonds is 5. The number of carbonyl (C=O) groups is 1. The molecule has 0 aliphatic heterocycles. The minimum atomic E-state index is -4.16. The first kappa shape index (κ1) is 13.7. The van der Waals surface area contributed by atoms with Gasteiger partial charge in [-0.15, -0.1) is 8.42 Å². The van der Waals surface area contributed by atoms with Crippen LogP contribution in [0.25, 0.3) is 0 Å². The van der Waals surface area contributed by atoms with Gasteiger partial charge in [-0.3, -0.25) is 0 Å². The van der Waals surface area contributed by atoms with E-state index in [0.717, 1.165) is 12.8 Å². The fourth-order valence-electron chi connectivity index (χ4n) is 1.26. The zero-order valence-electron chi connectivity index (χ0n) is 9.47. The number of hydrogen-bond donors (Lipinski definition) is 0. The molecule has 0 amide bonds. The summed E-state index contributed by atoms with van der Waals surface area (Å²) in [5.74, 6) is -0.704. The molecule has 6 heteroatoms. The highest BCUT2D eigenvalue weighted by atomic mass is 32.2. The maximum absolute atomic E-state index is 11.6. The summed E-state index contributed by atoms with van der Waals surface area (Å²) in [7, 11) is -4.16. The maximum Gasteiger partial charge on any atom is 0.409 e. The van der Waals surface area contributed by atoms with Crippen molar-refractivity contribution in [2.24, 2.45) is 0 Å². The van der Waals surface area contributed by atoms with Crippen molar-refractivity contribution in [1.82, 2.24) is 0 Å². The molecule has 1 aromatic rings. The second-order valence-electron chi connectivity index (χ2n) is 3.49. The van der Waals surface area contributed by atoms with Crippen LogP contribution in [0.2, 0.25) is 0 Å². The Hall–Kier alpha value is -1.40. The van der Waals surface area contributed by atoms with Gasteiger partial charge >= 0.3 is 16.1 Å². The van der Waals surface area contributed by atoms with Crippen LogP contribution in [0.3, 0.4) is 0 Å². The molecule has 94 valence electrons. The lowest BCUT2D eigenvalue weighted by Crippen LogP contribution is -2.12. The molecule has 2 N–H and O–H groups in total. The Morgan fingerprint density at radius 1 is 1.35 bits per heavy atom. The molecule has 0 aromatic heterocycles. The molecule has 0 saturated heterocycles. The minimum Gasteiger partial charge on any atom is -0.462 e. The second kappa shape index (κ2) is 5.79. The van der Waals surface area contributed by atoms with Crippen LogP contribution < -0.4 is 0 Å². The highest BCUT2D eigenvalue weighted by Crippen LogP contribution is 2.16. The molecule has 0 radical (unpaired) electrons. The summed E-state index contributed by atoms with van der Waals surface area (Å²) in [5, 5.41) is 0. The van der Waals surface area contributed by atoms with Gasteiger partial charge in [0.15, 0.2) is 4.90 Å². The highest BCUT2D eigenvalue weighted by molar-refractivity contribution is 7.86. The van der Waals surface area contributed by atoms with Crippen molar-refractivity contribution in [2.75, 3.05) is 6.61 Å². The van der Waals surface area contributed by atoms with E-state index in [1.807, 2.05) is 6.92 Å². The summed E-state index contributed by atoms with van der Waals surface area (Å²) in [4.78, 5) is 11.3. The van der Waals surface area contributed by atoms with Gasteiger partial charge in [0.25, 0.3) is 0 Å². The summed E-state index contributed by atoms with van der Waals surface area (Å²) in [6.07, 6.45) is 1.60. The van der Waals surface area contributed by atoms with E-state index in [4.69, 9.17) is 9.29 Å². The molecular formula is C11H15O5S+. The van der Waals surface area contributed by atoms with E-state index < -0.39 is 16.1 Å². The summed E-state index contributed by atoms with van der Waals surface area (Å²) < 4.78 is 34.2. The third-order valence-corrected chi connectivity index (χ3v) is 3.06. The number of ether oxygens (including phenoxy) is 1. The Kier molecular flexibility index (Phi) is 4.65. The van der Waals surface area contributed by atoms with Crippen molar-refractivity contribution in [1.29, 1.82) is 0 Å². The first-order chi connectivity index (χ1) is 7.96. The molecule has 1 aromatic carbocycles. The fraction of sp³-hybridized carbons (Fsp3) is 0.364. The van der Waals surface area contributed by atoms with Crippen molar-refractivity contribution in [3.63, 3.8) is 0 Å². The molecule has 5 nitrogen and oxygen atoms in total. The fourth-order valence-corrected chi connectivity index (χ4v) is 1.96. The average Bonchev–Trinajstić information content (AvgIpc) is 2.28. The van der Waals surface area contributed by atoms with Crippen molar-refractivity contribution in [3.8, 4) is 0 Å². The first-order valence-corrected chi connectivity index (χ1v) is 6.71. The van der Waals surface area contributed by atoms with Crippen LogP contribution in [0.15, 0.2) is 29.2 Å². The summed E-state index contributed by atoms with van der Waals surface area (Å²) >= 11 is 0. The molecular weight excluding hydrogens is 244 g/mol. The van der Waals surface area contributed by atoms with Crippen LogP contribution in [-0.2, 0) is 14.9 Å². The zero-order valence-corrected chi connectivity index (χ0v) is 10.3. The van der Waals surface area contributed by atoms with Crippen LogP contribution >= 0.6 is 0 Å². The third-order valence-electron chi connectivity index (χ3n) is 2.13. The van der Waals surface area contributed by atoms with Gasteiger partial charge in [-0.05, 0) is 18.6 Å². The standard InChI is InChI=1S/C11H14O5S/c1-2-3-8-16-11(12)9-6-4-5-7-10(9)17(13,14)15/h4-7H,2-3,8H2,1H3,(H,13,14,15)/p+1. The second-order valence-corrected chi connectivity index (χ2v) is 4.94. The van der Waals surface area contributed by atoms with E-state index in [0.29, 0.717) is 0 Å². The van der Waals surface area contributed by atoms with E-state index in [-0.39, 0.29) is 17.1 Å². The average molecular weight is 259 g/mol. The molecule has 17 heavy (non-hydrogen) atoms. The van der Waals surface area contributed by atoms with Crippen molar-refractivity contribution in [3.05, 3.63) is 29.8 Å². The lowest BCUT2D eigenvalue weighted by molar-refractivity contribution is 0.0495.